The van der Waals surface area contributed by atoms with Crippen molar-refractivity contribution in [3.8, 4) is 0 Å². The highest BCUT2D eigenvalue weighted by atomic mass is 35.5. The normalized spacial score (nSPS) is 12.0. The molecule has 0 N–H and O–H groups in total. The molecule has 1 aromatic carbocycles. The first-order valence-corrected chi connectivity index (χ1v) is 10.8. The topological polar surface area (TPSA) is 47.0 Å². The highest BCUT2D eigenvalue weighted by Crippen LogP contribution is 2.24. The van der Waals surface area contributed by atoms with E-state index in [0.29, 0.717) is 27.2 Å². The lowest BCUT2D eigenvalue weighted by atomic mass is 10.1. The minimum Gasteiger partial charge on any atom is -0.245 e. The van der Waals surface area contributed by atoms with Crippen molar-refractivity contribution >= 4 is 44.4 Å². The average Bonchev–Trinajstić information content (AvgIpc) is 2.87. The Morgan fingerprint density at radius 1 is 1.17 bits per heavy atom. The lowest BCUT2D eigenvalue weighted by Crippen LogP contribution is -2.08. The van der Waals surface area contributed by atoms with Gasteiger partial charge in [-0.1, -0.05) is 43.1 Å². The van der Waals surface area contributed by atoms with Crippen LogP contribution in [0.5, 0.6) is 0 Å². The molecule has 0 bridgehead atoms. The van der Waals surface area contributed by atoms with Gasteiger partial charge in [0.25, 0.3) is 0 Å². The molecule has 2 rings (SSSR count). The lowest BCUT2D eigenvalue weighted by molar-refractivity contribution is 0.584. The van der Waals surface area contributed by atoms with E-state index in [4.69, 9.17) is 23.2 Å². The van der Waals surface area contributed by atoms with E-state index in [1.54, 1.807) is 18.2 Å². The zero-order valence-electron chi connectivity index (χ0n) is 13.1. The number of sulfone groups is 1. The van der Waals surface area contributed by atoms with Crippen molar-refractivity contribution in [2.24, 2.45) is 5.92 Å². The molecular weight excluding hydrogens is 373 g/mol. The first-order valence-electron chi connectivity index (χ1n) is 7.33. The number of rotatable bonds is 7. The van der Waals surface area contributed by atoms with Crippen LogP contribution in [-0.4, -0.2) is 13.4 Å². The molecule has 0 fully saturated rings. The summed E-state index contributed by atoms with van der Waals surface area (Å²) in [6, 6.07) is 4.89. The summed E-state index contributed by atoms with van der Waals surface area (Å²) in [5.74, 6) is 0.495. The Hall–Kier alpha value is -0.620. The Bertz CT molecular complexity index is 770. The van der Waals surface area contributed by atoms with Crippen molar-refractivity contribution < 1.29 is 8.42 Å². The maximum absolute atomic E-state index is 12.3. The predicted octanol–water partition coefficient (Wildman–Crippen LogP) is 5.15. The van der Waals surface area contributed by atoms with Gasteiger partial charge in [0.1, 0.15) is 0 Å². The molecule has 0 spiro atoms. The second kappa shape index (κ2) is 7.97. The maximum atomic E-state index is 12.3. The van der Waals surface area contributed by atoms with Gasteiger partial charge >= 0.3 is 0 Å². The molecule has 2 aromatic rings. The van der Waals surface area contributed by atoms with Crippen molar-refractivity contribution in [3.05, 3.63) is 49.9 Å². The second-order valence-electron chi connectivity index (χ2n) is 5.95. The van der Waals surface area contributed by atoms with E-state index in [-0.39, 0.29) is 11.5 Å². The summed E-state index contributed by atoms with van der Waals surface area (Å²) >= 11 is 13.3. The minimum atomic E-state index is -3.29. The van der Waals surface area contributed by atoms with Crippen molar-refractivity contribution in [3.63, 3.8) is 0 Å². The molecule has 0 atom stereocenters. The standard InChI is InChI=1S/C16H19Cl2NO2S2/c1-11(2)3-6-16-19-13(8-22-16)10-23(20,21)9-12-4-5-14(17)15(18)7-12/h4-5,7-8,11H,3,6,9-10H2,1-2H3. The van der Waals surface area contributed by atoms with Gasteiger partial charge in [-0.2, -0.15) is 0 Å². The molecule has 0 aliphatic rings. The number of aryl methyl sites for hydroxylation is 1. The minimum absolute atomic E-state index is 0.0502. The number of nitrogens with zero attached hydrogens (tertiary/aromatic N) is 1. The monoisotopic (exact) mass is 391 g/mol. The quantitative estimate of drug-likeness (QED) is 0.654. The van der Waals surface area contributed by atoms with E-state index in [0.717, 1.165) is 17.8 Å². The van der Waals surface area contributed by atoms with Crippen molar-refractivity contribution in [1.29, 1.82) is 0 Å². The van der Waals surface area contributed by atoms with Crippen molar-refractivity contribution in [1.82, 2.24) is 4.98 Å². The summed E-state index contributed by atoms with van der Waals surface area (Å²) in [6.07, 6.45) is 1.96. The molecular formula is C16H19Cl2NO2S2. The third-order valence-electron chi connectivity index (χ3n) is 3.27. The van der Waals surface area contributed by atoms with Crippen LogP contribution in [0, 0.1) is 5.92 Å². The van der Waals surface area contributed by atoms with Crippen LogP contribution in [-0.2, 0) is 27.8 Å². The number of benzene rings is 1. The molecule has 0 radical (unpaired) electrons. The summed E-state index contributed by atoms with van der Waals surface area (Å²) in [6.45, 7) is 4.33. The molecule has 0 amide bonds. The van der Waals surface area contributed by atoms with E-state index in [1.165, 1.54) is 11.3 Å². The Labute approximate surface area is 151 Å². The van der Waals surface area contributed by atoms with Crippen molar-refractivity contribution in [2.45, 2.75) is 38.2 Å². The van der Waals surface area contributed by atoms with E-state index >= 15 is 0 Å². The highest BCUT2D eigenvalue weighted by Gasteiger charge is 2.16. The van der Waals surface area contributed by atoms with Gasteiger partial charge in [-0.15, -0.1) is 11.3 Å². The first kappa shape index (κ1) is 18.7. The zero-order chi connectivity index (χ0) is 17.0. The smallest absolute Gasteiger partial charge is 0.160 e. The molecule has 1 aromatic heterocycles. The fourth-order valence-electron chi connectivity index (χ4n) is 2.10. The molecule has 0 aliphatic heterocycles. The van der Waals surface area contributed by atoms with Gasteiger partial charge < -0.3 is 0 Å². The van der Waals surface area contributed by atoms with Gasteiger partial charge in [0.05, 0.1) is 32.3 Å². The number of hydrogen-bond acceptors (Lipinski definition) is 4. The maximum Gasteiger partial charge on any atom is 0.160 e. The molecule has 0 aliphatic carbocycles. The fourth-order valence-corrected chi connectivity index (χ4v) is 4.73. The molecule has 1 heterocycles. The summed E-state index contributed by atoms with van der Waals surface area (Å²) < 4.78 is 24.7. The second-order valence-corrected chi connectivity index (χ2v) is 9.77. The highest BCUT2D eigenvalue weighted by molar-refractivity contribution is 7.89. The Morgan fingerprint density at radius 2 is 1.91 bits per heavy atom. The van der Waals surface area contributed by atoms with Gasteiger partial charge in [0.2, 0.25) is 0 Å². The number of halogens is 2. The fraction of sp³-hybridized carbons (Fsp3) is 0.438. The van der Waals surface area contributed by atoms with Gasteiger partial charge in [-0.25, -0.2) is 13.4 Å². The Balaban J connectivity index is 2.01. The van der Waals surface area contributed by atoms with Crippen LogP contribution in [0.4, 0.5) is 0 Å². The zero-order valence-corrected chi connectivity index (χ0v) is 16.2. The molecule has 0 saturated heterocycles. The third-order valence-corrected chi connectivity index (χ3v) is 6.48. The summed E-state index contributed by atoms with van der Waals surface area (Å²) in [5.41, 5.74) is 1.25. The Kier molecular flexibility index (Phi) is 6.48. The molecule has 0 saturated carbocycles. The van der Waals surface area contributed by atoms with Crippen LogP contribution in [0.25, 0.3) is 0 Å². The third kappa shape index (κ3) is 6.07. The van der Waals surface area contributed by atoms with E-state index in [1.807, 2.05) is 5.38 Å². The van der Waals surface area contributed by atoms with E-state index in [9.17, 15) is 8.42 Å². The van der Waals surface area contributed by atoms with Gasteiger partial charge in [0.15, 0.2) is 9.84 Å². The van der Waals surface area contributed by atoms with Crippen LogP contribution in [0.2, 0.25) is 10.0 Å². The van der Waals surface area contributed by atoms with E-state index in [2.05, 4.69) is 18.8 Å². The van der Waals surface area contributed by atoms with E-state index < -0.39 is 9.84 Å². The molecule has 3 nitrogen and oxygen atoms in total. The average molecular weight is 392 g/mol. The molecule has 126 valence electrons. The SMILES string of the molecule is CC(C)CCc1nc(CS(=O)(=O)Cc2ccc(Cl)c(Cl)c2)cs1. The molecule has 7 heteroatoms. The van der Waals surface area contributed by atoms with Crippen LogP contribution in [0.15, 0.2) is 23.6 Å². The number of thiazole rings is 1. The van der Waals surface area contributed by atoms with Crippen LogP contribution >= 0.6 is 34.5 Å². The van der Waals surface area contributed by atoms with Gasteiger partial charge in [-0.3, -0.25) is 0 Å². The van der Waals surface area contributed by atoms with Crippen LogP contribution in [0.1, 0.15) is 36.5 Å². The summed E-state index contributed by atoms with van der Waals surface area (Å²) in [4.78, 5) is 4.43. The van der Waals surface area contributed by atoms with Crippen LogP contribution in [0.3, 0.4) is 0 Å². The van der Waals surface area contributed by atoms with Gasteiger partial charge in [-0.05, 0) is 36.5 Å². The largest absolute Gasteiger partial charge is 0.245 e. The molecule has 23 heavy (non-hydrogen) atoms. The number of aromatic nitrogens is 1. The lowest BCUT2D eigenvalue weighted by Gasteiger charge is -2.04. The predicted molar refractivity (Wildman–Crippen MR) is 98.1 cm³/mol. The van der Waals surface area contributed by atoms with Gasteiger partial charge in [0, 0.05) is 5.38 Å². The Morgan fingerprint density at radius 3 is 2.57 bits per heavy atom. The number of hydrogen-bond donors (Lipinski definition) is 0. The summed E-state index contributed by atoms with van der Waals surface area (Å²) in [5, 5.41) is 3.62. The van der Waals surface area contributed by atoms with Crippen LogP contribution < -0.4 is 0 Å². The summed E-state index contributed by atoms with van der Waals surface area (Å²) in [7, 11) is -3.29. The molecule has 0 unspecified atom stereocenters. The first-order chi connectivity index (χ1) is 10.7. The van der Waals surface area contributed by atoms with Crippen molar-refractivity contribution in [2.75, 3.05) is 0 Å².